The molecule has 2 aromatic rings. The zero-order chi connectivity index (χ0) is 14.1. The fourth-order valence-electron chi connectivity index (χ4n) is 2.20. The number of aromatic nitrogens is 1. The molecule has 0 aromatic carbocycles. The molecule has 1 aliphatic rings. The van der Waals surface area contributed by atoms with Crippen LogP contribution in [0.1, 0.15) is 17.4 Å². The second-order valence-corrected chi connectivity index (χ2v) is 7.27. The highest BCUT2D eigenvalue weighted by Gasteiger charge is 2.25. The summed E-state index contributed by atoms with van der Waals surface area (Å²) in [5, 5.41) is 5.97. The maximum absolute atomic E-state index is 12.5. The number of nitrogens with zero attached hydrogens (tertiary/aromatic N) is 2. The number of amides is 1. The highest BCUT2D eigenvalue weighted by Crippen LogP contribution is 2.33. The summed E-state index contributed by atoms with van der Waals surface area (Å²) in [6.07, 6.45) is 0. The van der Waals surface area contributed by atoms with Crippen molar-refractivity contribution in [2.45, 2.75) is 13.0 Å². The first-order chi connectivity index (χ1) is 9.65. The topological polar surface area (TPSA) is 45.2 Å². The maximum atomic E-state index is 12.5. The van der Waals surface area contributed by atoms with Gasteiger partial charge in [0, 0.05) is 31.1 Å². The molecule has 3 rings (SSSR count). The molecule has 122 valence electrons. The van der Waals surface area contributed by atoms with Crippen LogP contribution < -0.4 is 5.32 Å². The number of carbonyl (C=O) groups is 1. The SMILES string of the molecule is CC1CNCCN1C(=O)c1csc(-c2ccc(Cl)s2)n1.Cl.Cl. The maximum Gasteiger partial charge on any atom is 0.273 e. The lowest BCUT2D eigenvalue weighted by molar-refractivity contribution is 0.0650. The van der Waals surface area contributed by atoms with Gasteiger partial charge in [-0.2, -0.15) is 0 Å². The fourth-order valence-corrected chi connectivity index (χ4v) is 4.11. The number of thiazole rings is 1. The Morgan fingerprint density at radius 1 is 1.45 bits per heavy atom. The average molecular weight is 401 g/mol. The minimum atomic E-state index is 0. The third kappa shape index (κ3) is 4.13. The molecule has 1 saturated heterocycles. The predicted molar refractivity (Wildman–Crippen MR) is 98.3 cm³/mol. The van der Waals surface area contributed by atoms with Gasteiger partial charge in [-0.15, -0.1) is 47.5 Å². The first-order valence-corrected chi connectivity index (χ1v) is 8.45. The lowest BCUT2D eigenvalue weighted by atomic mass is 10.2. The molecule has 9 heteroatoms. The molecule has 0 radical (unpaired) electrons. The van der Waals surface area contributed by atoms with Crippen LogP contribution >= 0.6 is 59.1 Å². The van der Waals surface area contributed by atoms with Gasteiger partial charge in [0.05, 0.1) is 9.21 Å². The van der Waals surface area contributed by atoms with E-state index in [9.17, 15) is 4.79 Å². The van der Waals surface area contributed by atoms with Gasteiger partial charge in [-0.25, -0.2) is 4.98 Å². The van der Waals surface area contributed by atoms with Gasteiger partial charge >= 0.3 is 0 Å². The van der Waals surface area contributed by atoms with Crippen molar-refractivity contribution in [3.05, 3.63) is 27.5 Å². The van der Waals surface area contributed by atoms with E-state index in [1.807, 2.05) is 22.4 Å². The molecule has 1 fully saturated rings. The molecule has 0 saturated carbocycles. The number of halogens is 3. The van der Waals surface area contributed by atoms with Crippen molar-refractivity contribution in [1.29, 1.82) is 0 Å². The van der Waals surface area contributed by atoms with E-state index in [-0.39, 0.29) is 36.8 Å². The monoisotopic (exact) mass is 399 g/mol. The zero-order valence-corrected chi connectivity index (χ0v) is 15.8. The minimum Gasteiger partial charge on any atom is -0.332 e. The number of rotatable bonds is 2. The lowest BCUT2D eigenvalue weighted by Crippen LogP contribution is -2.52. The van der Waals surface area contributed by atoms with E-state index in [0.717, 1.165) is 33.9 Å². The van der Waals surface area contributed by atoms with Crippen molar-refractivity contribution < 1.29 is 4.79 Å². The second kappa shape index (κ2) is 8.47. The second-order valence-electron chi connectivity index (χ2n) is 4.69. The van der Waals surface area contributed by atoms with Gasteiger partial charge in [0.25, 0.3) is 5.91 Å². The van der Waals surface area contributed by atoms with Crippen molar-refractivity contribution in [3.8, 4) is 9.88 Å². The van der Waals surface area contributed by atoms with Gasteiger partial charge in [-0.3, -0.25) is 4.79 Å². The van der Waals surface area contributed by atoms with E-state index in [4.69, 9.17) is 11.6 Å². The summed E-state index contributed by atoms with van der Waals surface area (Å²) in [6, 6.07) is 3.99. The van der Waals surface area contributed by atoms with E-state index in [0.29, 0.717) is 5.69 Å². The molecule has 1 aliphatic heterocycles. The first kappa shape index (κ1) is 19.7. The summed E-state index contributed by atoms with van der Waals surface area (Å²) in [4.78, 5) is 19.8. The third-order valence-electron chi connectivity index (χ3n) is 3.27. The number of hydrogen-bond acceptors (Lipinski definition) is 5. The fraction of sp³-hybridized carbons (Fsp3) is 0.385. The quantitative estimate of drug-likeness (QED) is 0.834. The smallest absolute Gasteiger partial charge is 0.273 e. The van der Waals surface area contributed by atoms with Crippen LogP contribution in [0.25, 0.3) is 9.88 Å². The lowest BCUT2D eigenvalue weighted by Gasteiger charge is -2.33. The Balaban J connectivity index is 0.00000121. The molecule has 2 aromatic heterocycles. The van der Waals surface area contributed by atoms with Crippen LogP contribution in [-0.4, -0.2) is 41.5 Å². The molecular formula is C13H16Cl3N3OS2. The van der Waals surface area contributed by atoms with Gasteiger partial charge in [-0.05, 0) is 19.1 Å². The Kier molecular flexibility index (Phi) is 7.58. The molecule has 22 heavy (non-hydrogen) atoms. The van der Waals surface area contributed by atoms with Crippen LogP contribution in [0.5, 0.6) is 0 Å². The number of thiophene rings is 1. The third-order valence-corrected chi connectivity index (χ3v) is 5.51. The van der Waals surface area contributed by atoms with Gasteiger partial charge in [0.15, 0.2) is 0 Å². The molecule has 1 unspecified atom stereocenters. The van der Waals surface area contributed by atoms with Crippen molar-refractivity contribution in [2.24, 2.45) is 0 Å². The number of nitrogens with one attached hydrogen (secondary N) is 1. The van der Waals surface area contributed by atoms with Crippen LogP contribution in [0.15, 0.2) is 17.5 Å². The molecule has 1 amide bonds. The van der Waals surface area contributed by atoms with Crippen LogP contribution in [0, 0.1) is 0 Å². The minimum absolute atomic E-state index is 0. The van der Waals surface area contributed by atoms with Crippen molar-refractivity contribution in [3.63, 3.8) is 0 Å². The number of hydrogen-bond donors (Lipinski definition) is 1. The number of carbonyl (C=O) groups excluding carboxylic acids is 1. The summed E-state index contributed by atoms with van der Waals surface area (Å²) >= 11 is 8.90. The van der Waals surface area contributed by atoms with Gasteiger partial charge < -0.3 is 10.2 Å². The Morgan fingerprint density at radius 3 is 2.86 bits per heavy atom. The van der Waals surface area contributed by atoms with Crippen molar-refractivity contribution in [1.82, 2.24) is 15.2 Å². The van der Waals surface area contributed by atoms with Crippen LogP contribution in [0.3, 0.4) is 0 Å². The predicted octanol–water partition coefficient (Wildman–Crippen LogP) is 3.80. The van der Waals surface area contributed by atoms with Crippen molar-refractivity contribution >= 4 is 65.0 Å². The van der Waals surface area contributed by atoms with Crippen molar-refractivity contribution in [2.75, 3.05) is 19.6 Å². The molecule has 0 spiro atoms. The Hall–Kier alpha value is -0.370. The molecule has 1 N–H and O–H groups in total. The Labute approximate surface area is 154 Å². The zero-order valence-electron chi connectivity index (χ0n) is 11.7. The molecule has 1 atom stereocenters. The van der Waals surface area contributed by atoms with Crippen LogP contribution in [-0.2, 0) is 0 Å². The Morgan fingerprint density at radius 2 is 2.23 bits per heavy atom. The average Bonchev–Trinajstić information content (AvgIpc) is 3.07. The van der Waals surface area contributed by atoms with Gasteiger partial charge in [0.1, 0.15) is 10.7 Å². The van der Waals surface area contributed by atoms with Gasteiger partial charge in [0.2, 0.25) is 0 Å². The number of piperazine rings is 1. The first-order valence-electron chi connectivity index (χ1n) is 6.38. The highest BCUT2D eigenvalue weighted by atomic mass is 35.5. The van der Waals surface area contributed by atoms with E-state index in [1.54, 1.807) is 0 Å². The molecule has 0 aliphatic carbocycles. The van der Waals surface area contributed by atoms with E-state index in [2.05, 4.69) is 17.2 Å². The summed E-state index contributed by atoms with van der Waals surface area (Å²) in [7, 11) is 0. The van der Waals surface area contributed by atoms with E-state index >= 15 is 0 Å². The molecule has 3 heterocycles. The standard InChI is InChI=1S/C13H14ClN3OS2.2ClH/c1-8-6-15-4-5-17(8)13(18)9-7-19-12(16-9)10-2-3-11(14)20-10;;/h2-3,7-8,15H,4-6H2,1H3;2*1H. The van der Waals surface area contributed by atoms with E-state index in [1.165, 1.54) is 22.7 Å². The highest BCUT2D eigenvalue weighted by molar-refractivity contribution is 7.23. The largest absolute Gasteiger partial charge is 0.332 e. The molecular weight excluding hydrogens is 385 g/mol. The molecule has 0 bridgehead atoms. The van der Waals surface area contributed by atoms with Gasteiger partial charge in [-0.1, -0.05) is 11.6 Å². The summed E-state index contributed by atoms with van der Waals surface area (Å²) in [5.41, 5.74) is 0.531. The van der Waals surface area contributed by atoms with E-state index < -0.39 is 0 Å². The summed E-state index contributed by atoms with van der Waals surface area (Å²) in [5.74, 6) is 0.0177. The van der Waals surface area contributed by atoms with Crippen LogP contribution in [0.4, 0.5) is 0 Å². The molecule has 4 nitrogen and oxygen atoms in total. The summed E-state index contributed by atoms with van der Waals surface area (Å²) < 4.78 is 0.735. The van der Waals surface area contributed by atoms with Crippen LogP contribution in [0.2, 0.25) is 4.34 Å². The normalized spacial score (nSPS) is 17.5. The summed E-state index contributed by atoms with van der Waals surface area (Å²) in [6.45, 7) is 4.46. The Bertz CT molecular complexity index is 632.